The van der Waals surface area contributed by atoms with E-state index < -0.39 is 0 Å². The van der Waals surface area contributed by atoms with Gasteiger partial charge in [0.15, 0.2) is 11.5 Å². The van der Waals surface area contributed by atoms with Gasteiger partial charge in [-0.15, -0.1) is 0 Å². The Balaban J connectivity index is 1.32. The molecule has 7 nitrogen and oxygen atoms in total. The normalized spacial score (nSPS) is 14.5. The zero-order valence-corrected chi connectivity index (χ0v) is 19.0. The monoisotopic (exact) mass is 437 g/mol. The average Bonchev–Trinajstić information content (AvgIpc) is 3.25. The number of ether oxygens (including phenoxy) is 3. The van der Waals surface area contributed by atoms with Crippen molar-refractivity contribution in [2.75, 3.05) is 47.5 Å². The predicted octanol–water partition coefficient (Wildman–Crippen LogP) is 3.40. The highest BCUT2D eigenvalue weighted by molar-refractivity contribution is 5.80. The van der Waals surface area contributed by atoms with E-state index in [4.69, 9.17) is 14.2 Å². The summed E-state index contributed by atoms with van der Waals surface area (Å²) in [6.07, 6.45) is 2.58. The molecule has 0 saturated carbocycles. The van der Waals surface area contributed by atoms with Gasteiger partial charge in [0.2, 0.25) is 11.7 Å². The highest BCUT2D eigenvalue weighted by Crippen LogP contribution is 2.40. The number of benzene rings is 2. The van der Waals surface area contributed by atoms with Gasteiger partial charge in [0.25, 0.3) is 0 Å². The molecule has 1 fully saturated rings. The molecule has 0 spiro atoms. The fourth-order valence-electron chi connectivity index (χ4n) is 4.39. The molecular formula is C25H31N3O4. The van der Waals surface area contributed by atoms with Gasteiger partial charge in [0.1, 0.15) is 0 Å². The Hall–Kier alpha value is -3.19. The van der Waals surface area contributed by atoms with Gasteiger partial charge in [-0.05, 0) is 23.6 Å². The number of hydrogen-bond acceptors (Lipinski definition) is 5. The Kier molecular flexibility index (Phi) is 6.85. The minimum absolute atomic E-state index is 0.214. The highest BCUT2D eigenvalue weighted by atomic mass is 16.5. The summed E-state index contributed by atoms with van der Waals surface area (Å²) in [6.45, 7) is 4.57. The van der Waals surface area contributed by atoms with E-state index in [9.17, 15) is 4.79 Å². The Morgan fingerprint density at radius 3 is 2.34 bits per heavy atom. The summed E-state index contributed by atoms with van der Waals surface area (Å²) in [6, 6.07) is 14.3. The molecule has 0 unspecified atom stereocenters. The standard InChI is InChI=1S/C25H31N3O4/c1-30-22-9-8-20(24(31-2)25(22)32-3)18-26-14-16-28(17-15-26)23(29)11-13-27-12-10-19-6-4-5-7-21(19)27/h4-10,12H,11,13-18H2,1-3H3. The van der Waals surface area contributed by atoms with Crippen LogP contribution in [0.2, 0.25) is 0 Å². The number of amides is 1. The van der Waals surface area contributed by atoms with Crippen LogP contribution in [0.1, 0.15) is 12.0 Å². The smallest absolute Gasteiger partial charge is 0.224 e. The summed E-state index contributed by atoms with van der Waals surface area (Å²) in [5.74, 6) is 2.17. The van der Waals surface area contributed by atoms with Gasteiger partial charge in [-0.3, -0.25) is 9.69 Å². The largest absolute Gasteiger partial charge is 0.493 e. The van der Waals surface area contributed by atoms with Crippen molar-refractivity contribution in [3.63, 3.8) is 0 Å². The fourth-order valence-corrected chi connectivity index (χ4v) is 4.39. The van der Waals surface area contributed by atoms with Gasteiger partial charge in [0.05, 0.1) is 21.3 Å². The molecule has 0 radical (unpaired) electrons. The molecule has 1 aromatic heterocycles. The van der Waals surface area contributed by atoms with Crippen LogP contribution in [0.5, 0.6) is 17.2 Å². The molecule has 1 aliphatic heterocycles. The van der Waals surface area contributed by atoms with Gasteiger partial charge in [-0.25, -0.2) is 0 Å². The van der Waals surface area contributed by atoms with Gasteiger partial charge in [-0.2, -0.15) is 0 Å². The number of piperazine rings is 1. The number of aromatic nitrogens is 1. The van der Waals surface area contributed by atoms with E-state index in [1.807, 2.05) is 29.2 Å². The Morgan fingerprint density at radius 1 is 0.875 bits per heavy atom. The van der Waals surface area contributed by atoms with E-state index in [1.165, 1.54) is 10.9 Å². The number of methoxy groups -OCH3 is 3. The third-order valence-corrected chi connectivity index (χ3v) is 6.15. The zero-order chi connectivity index (χ0) is 22.5. The van der Waals surface area contributed by atoms with E-state index in [1.54, 1.807) is 21.3 Å². The van der Waals surface area contributed by atoms with Crippen molar-refractivity contribution in [3.8, 4) is 17.2 Å². The number of fused-ring (bicyclic) bond motifs is 1. The maximum atomic E-state index is 12.8. The Labute approximate surface area is 189 Å². The topological polar surface area (TPSA) is 56.2 Å². The first kappa shape index (κ1) is 22.0. The van der Waals surface area contributed by atoms with E-state index in [0.717, 1.165) is 38.3 Å². The molecule has 0 atom stereocenters. The number of carbonyl (C=O) groups excluding carboxylic acids is 1. The molecule has 1 amide bonds. The van der Waals surface area contributed by atoms with Crippen LogP contribution in [0, 0.1) is 0 Å². The number of para-hydroxylation sites is 1. The second-order valence-corrected chi connectivity index (χ2v) is 7.97. The average molecular weight is 438 g/mol. The molecule has 1 aliphatic rings. The number of hydrogen-bond donors (Lipinski definition) is 0. The summed E-state index contributed by atoms with van der Waals surface area (Å²) in [5, 5.41) is 1.21. The zero-order valence-electron chi connectivity index (χ0n) is 19.0. The fraction of sp³-hybridized carbons (Fsp3) is 0.400. The molecule has 4 rings (SSSR count). The number of rotatable bonds is 8. The van der Waals surface area contributed by atoms with Crippen LogP contribution in [0.15, 0.2) is 48.7 Å². The first-order valence-electron chi connectivity index (χ1n) is 11.0. The molecule has 0 N–H and O–H groups in total. The third-order valence-electron chi connectivity index (χ3n) is 6.15. The van der Waals surface area contributed by atoms with Crippen LogP contribution < -0.4 is 14.2 Å². The van der Waals surface area contributed by atoms with Gasteiger partial charge in [-0.1, -0.05) is 24.3 Å². The molecule has 2 aromatic carbocycles. The lowest BCUT2D eigenvalue weighted by Gasteiger charge is -2.35. The second kappa shape index (κ2) is 9.96. The van der Waals surface area contributed by atoms with Crippen molar-refractivity contribution < 1.29 is 19.0 Å². The third kappa shape index (κ3) is 4.53. The molecular weight excluding hydrogens is 406 g/mol. The molecule has 0 aliphatic carbocycles. The first-order chi connectivity index (χ1) is 15.6. The van der Waals surface area contributed by atoms with Crippen LogP contribution >= 0.6 is 0 Å². The molecule has 32 heavy (non-hydrogen) atoms. The van der Waals surface area contributed by atoms with Crippen molar-refractivity contribution in [3.05, 3.63) is 54.2 Å². The van der Waals surface area contributed by atoms with E-state index >= 15 is 0 Å². The number of aryl methyl sites for hydroxylation is 1. The van der Waals surface area contributed by atoms with Crippen LogP contribution in [-0.4, -0.2) is 67.8 Å². The summed E-state index contributed by atoms with van der Waals surface area (Å²) in [7, 11) is 4.88. The van der Waals surface area contributed by atoms with E-state index in [2.05, 4.69) is 33.9 Å². The van der Waals surface area contributed by atoms with Crippen molar-refractivity contribution in [1.82, 2.24) is 14.4 Å². The SMILES string of the molecule is COc1ccc(CN2CCN(C(=O)CCn3ccc4ccccc43)CC2)c(OC)c1OC. The second-order valence-electron chi connectivity index (χ2n) is 7.97. The lowest BCUT2D eigenvalue weighted by Crippen LogP contribution is -2.48. The van der Waals surface area contributed by atoms with Crippen LogP contribution in [0.4, 0.5) is 0 Å². The van der Waals surface area contributed by atoms with Crippen LogP contribution in [-0.2, 0) is 17.9 Å². The van der Waals surface area contributed by atoms with Crippen molar-refractivity contribution in [2.24, 2.45) is 0 Å². The highest BCUT2D eigenvalue weighted by Gasteiger charge is 2.23. The van der Waals surface area contributed by atoms with Gasteiger partial charge < -0.3 is 23.7 Å². The van der Waals surface area contributed by atoms with E-state index in [0.29, 0.717) is 30.2 Å². The molecule has 170 valence electrons. The van der Waals surface area contributed by atoms with Crippen molar-refractivity contribution >= 4 is 16.8 Å². The first-order valence-corrected chi connectivity index (χ1v) is 11.0. The Morgan fingerprint density at radius 2 is 1.62 bits per heavy atom. The maximum absolute atomic E-state index is 12.8. The molecule has 3 aromatic rings. The van der Waals surface area contributed by atoms with Crippen LogP contribution in [0.3, 0.4) is 0 Å². The molecule has 7 heteroatoms. The minimum Gasteiger partial charge on any atom is -0.493 e. The number of carbonyl (C=O) groups is 1. The molecule has 1 saturated heterocycles. The Bertz CT molecular complexity index is 1070. The summed E-state index contributed by atoms with van der Waals surface area (Å²) >= 11 is 0. The predicted molar refractivity (Wildman–Crippen MR) is 125 cm³/mol. The number of nitrogens with zero attached hydrogens (tertiary/aromatic N) is 3. The van der Waals surface area contributed by atoms with Crippen LogP contribution in [0.25, 0.3) is 10.9 Å². The summed E-state index contributed by atoms with van der Waals surface area (Å²) in [5.41, 5.74) is 2.22. The van der Waals surface area contributed by atoms with E-state index in [-0.39, 0.29) is 5.91 Å². The van der Waals surface area contributed by atoms with Gasteiger partial charge >= 0.3 is 0 Å². The lowest BCUT2D eigenvalue weighted by atomic mass is 10.1. The van der Waals surface area contributed by atoms with Gasteiger partial charge in [0, 0.05) is 63.0 Å². The van der Waals surface area contributed by atoms with Crippen molar-refractivity contribution in [2.45, 2.75) is 19.5 Å². The van der Waals surface area contributed by atoms with Crippen molar-refractivity contribution in [1.29, 1.82) is 0 Å². The maximum Gasteiger partial charge on any atom is 0.224 e. The lowest BCUT2D eigenvalue weighted by molar-refractivity contribution is -0.133. The summed E-state index contributed by atoms with van der Waals surface area (Å²) < 4.78 is 18.6. The molecule has 0 bridgehead atoms. The molecule has 2 heterocycles. The minimum atomic E-state index is 0.214. The summed E-state index contributed by atoms with van der Waals surface area (Å²) in [4.78, 5) is 17.1. The quantitative estimate of drug-likeness (QED) is 0.541.